The maximum Gasteiger partial charge on any atom is 0.144 e. The molecule has 0 radical (unpaired) electrons. The number of hydrogen-bond donors (Lipinski definition) is 2. The molecule has 1 unspecified atom stereocenters. The van der Waals surface area contributed by atoms with Gasteiger partial charge in [-0.25, -0.2) is 8.78 Å². The van der Waals surface area contributed by atoms with E-state index in [1.165, 1.54) is 24.3 Å². The third kappa shape index (κ3) is 3.98. The number of aliphatic hydroxyl groups is 1. The molecule has 30 heavy (non-hydrogen) atoms. The lowest BCUT2D eigenvalue weighted by molar-refractivity contribution is -0.134. The molecule has 0 heterocycles. The van der Waals surface area contributed by atoms with Crippen LogP contribution in [0.4, 0.5) is 8.78 Å². The first-order valence-corrected chi connectivity index (χ1v) is 9.95. The molecule has 5 heteroatoms. The van der Waals surface area contributed by atoms with Gasteiger partial charge in [-0.15, -0.1) is 0 Å². The van der Waals surface area contributed by atoms with E-state index in [0.29, 0.717) is 18.4 Å². The highest BCUT2D eigenvalue weighted by Crippen LogP contribution is 2.53. The minimum absolute atomic E-state index is 0.0611. The Bertz CT molecular complexity index is 1010. The SMILES string of the molecule is O=C1C(c2ccc(F)cc2)[C@H](c2ccc(O)cc2)[C@@H]1CC[C@H](O)c1ccc(F)cc1. The van der Waals surface area contributed by atoms with Crippen LogP contribution in [0.25, 0.3) is 0 Å². The van der Waals surface area contributed by atoms with E-state index in [1.807, 2.05) is 0 Å². The van der Waals surface area contributed by atoms with Crippen molar-refractivity contribution in [3.05, 3.63) is 101 Å². The highest BCUT2D eigenvalue weighted by molar-refractivity contribution is 5.96. The van der Waals surface area contributed by atoms with Crippen LogP contribution in [-0.2, 0) is 4.79 Å². The summed E-state index contributed by atoms with van der Waals surface area (Å²) in [5, 5.41) is 20.1. The molecule has 4 rings (SSSR count). The predicted octanol–water partition coefficient (Wildman–Crippen LogP) is 5.25. The largest absolute Gasteiger partial charge is 0.508 e. The summed E-state index contributed by atoms with van der Waals surface area (Å²) >= 11 is 0. The van der Waals surface area contributed by atoms with Crippen LogP contribution in [0.3, 0.4) is 0 Å². The van der Waals surface area contributed by atoms with Crippen molar-refractivity contribution in [1.29, 1.82) is 0 Å². The molecular formula is C25H22F2O3. The standard InChI is InChI=1S/C25H22F2O3/c26-18-7-1-15(2-8-18)22(29)14-13-21-23(16-5-11-20(28)12-6-16)24(25(21)30)17-3-9-19(27)10-4-17/h1-12,21-24,28-29H,13-14H2/t21-,22-,23+,24?/m0/s1. The molecule has 4 atom stereocenters. The summed E-state index contributed by atoms with van der Waals surface area (Å²) in [7, 11) is 0. The number of carbonyl (C=O) groups is 1. The average Bonchev–Trinajstić information content (AvgIpc) is 2.74. The summed E-state index contributed by atoms with van der Waals surface area (Å²) in [5.41, 5.74) is 2.29. The highest BCUT2D eigenvalue weighted by atomic mass is 19.1. The van der Waals surface area contributed by atoms with Gasteiger partial charge in [0.05, 0.1) is 12.0 Å². The Kier molecular flexibility index (Phi) is 5.64. The van der Waals surface area contributed by atoms with E-state index in [1.54, 1.807) is 48.5 Å². The van der Waals surface area contributed by atoms with E-state index in [4.69, 9.17) is 0 Å². The van der Waals surface area contributed by atoms with Crippen LogP contribution in [0, 0.1) is 17.6 Å². The van der Waals surface area contributed by atoms with Crippen LogP contribution in [0.15, 0.2) is 72.8 Å². The predicted molar refractivity (Wildman–Crippen MR) is 109 cm³/mol. The summed E-state index contributed by atoms with van der Waals surface area (Å²) in [6.45, 7) is 0. The molecule has 0 saturated heterocycles. The molecular weight excluding hydrogens is 386 g/mol. The van der Waals surface area contributed by atoms with E-state index in [9.17, 15) is 23.8 Å². The minimum Gasteiger partial charge on any atom is -0.508 e. The molecule has 3 aromatic rings. The number of Topliss-reactive ketones (excluding diaryl/α,β-unsaturated/α-hetero) is 1. The van der Waals surface area contributed by atoms with Crippen molar-refractivity contribution in [3.8, 4) is 5.75 Å². The first kappa shape index (κ1) is 20.2. The molecule has 1 fully saturated rings. The molecule has 0 amide bonds. The first-order chi connectivity index (χ1) is 14.4. The summed E-state index contributed by atoms with van der Waals surface area (Å²) in [6, 6.07) is 18.4. The number of benzene rings is 3. The number of ketones is 1. The molecule has 3 aromatic carbocycles. The minimum atomic E-state index is -0.788. The van der Waals surface area contributed by atoms with Crippen LogP contribution in [-0.4, -0.2) is 16.0 Å². The summed E-state index contributed by atoms with van der Waals surface area (Å²) < 4.78 is 26.5. The fourth-order valence-electron chi connectivity index (χ4n) is 4.37. The molecule has 1 aliphatic carbocycles. The Hall–Kier alpha value is -3.05. The lowest BCUT2D eigenvalue weighted by Gasteiger charge is -2.44. The molecule has 1 aliphatic rings. The molecule has 0 aromatic heterocycles. The van der Waals surface area contributed by atoms with Crippen LogP contribution >= 0.6 is 0 Å². The number of carbonyl (C=O) groups excluding carboxylic acids is 1. The lowest BCUT2D eigenvalue weighted by Crippen LogP contribution is -2.44. The van der Waals surface area contributed by atoms with Crippen LogP contribution in [0.1, 0.15) is 47.5 Å². The van der Waals surface area contributed by atoms with Crippen molar-refractivity contribution in [2.75, 3.05) is 0 Å². The second-order valence-electron chi connectivity index (χ2n) is 7.80. The van der Waals surface area contributed by atoms with Crippen LogP contribution in [0.5, 0.6) is 5.75 Å². The number of hydrogen-bond acceptors (Lipinski definition) is 3. The van der Waals surface area contributed by atoms with Gasteiger partial charge in [0.1, 0.15) is 23.2 Å². The zero-order valence-electron chi connectivity index (χ0n) is 16.2. The molecule has 0 spiro atoms. The Morgan fingerprint density at radius 3 is 1.93 bits per heavy atom. The topological polar surface area (TPSA) is 57.5 Å². The number of aromatic hydroxyl groups is 1. The summed E-state index contributed by atoms with van der Waals surface area (Å²) in [4.78, 5) is 13.0. The monoisotopic (exact) mass is 408 g/mol. The Morgan fingerprint density at radius 2 is 1.33 bits per heavy atom. The zero-order valence-corrected chi connectivity index (χ0v) is 16.2. The third-order valence-electron chi connectivity index (χ3n) is 5.98. The van der Waals surface area contributed by atoms with E-state index >= 15 is 0 Å². The first-order valence-electron chi connectivity index (χ1n) is 9.95. The van der Waals surface area contributed by atoms with Gasteiger partial charge in [-0.2, -0.15) is 0 Å². The second kappa shape index (κ2) is 8.36. The van der Waals surface area contributed by atoms with Crippen molar-refractivity contribution < 1.29 is 23.8 Å². The summed E-state index contributed by atoms with van der Waals surface area (Å²) in [6.07, 6.45) is 0.0524. The average molecular weight is 408 g/mol. The highest BCUT2D eigenvalue weighted by Gasteiger charge is 2.50. The fraction of sp³-hybridized carbons (Fsp3) is 0.240. The smallest absolute Gasteiger partial charge is 0.144 e. The van der Waals surface area contributed by atoms with Crippen molar-refractivity contribution in [2.24, 2.45) is 5.92 Å². The van der Waals surface area contributed by atoms with Gasteiger partial charge < -0.3 is 10.2 Å². The number of halogens is 2. The second-order valence-corrected chi connectivity index (χ2v) is 7.80. The van der Waals surface area contributed by atoms with Gasteiger partial charge in [-0.3, -0.25) is 4.79 Å². The van der Waals surface area contributed by atoms with Gasteiger partial charge in [0.2, 0.25) is 0 Å². The van der Waals surface area contributed by atoms with Crippen molar-refractivity contribution in [2.45, 2.75) is 30.8 Å². The summed E-state index contributed by atoms with van der Waals surface area (Å²) in [5.74, 6) is -1.32. The molecule has 3 nitrogen and oxygen atoms in total. The van der Waals surface area contributed by atoms with E-state index in [2.05, 4.69) is 0 Å². The lowest BCUT2D eigenvalue weighted by atomic mass is 9.57. The number of phenolic OH excluding ortho intramolecular Hbond substituents is 1. The van der Waals surface area contributed by atoms with Gasteiger partial charge in [-0.05, 0) is 65.9 Å². The Balaban J connectivity index is 1.55. The number of rotatable bonds is 6. The molecule has 154 valence electrons. The normalized spacial score (nSPS) is 21.8. The van der Waals surface area contributed by atoms with E-state index < -0.39 is 6.10 Å². The van der Waals surface area contributed by atoms with E-state index in [-0.39, 0.29) is 40.9 Å². The van der Waals surface area contributed by atoms with Gasteiger partial charge >= 0.3 is 0 Å². The number of aliphatic hydroxyl groups excluding tert-OH is 1. The van der Waals surface area contributed by atoms with Crippen molar-refractivity contribution in [1.82, 2.24) is 0 Å². The van der Waals surface area contributed by atoms with Crippen molar-refractivity contribution >= 4 is 5.78 Å². The van der Waals surface area contributed by atoms with Gasteiger partial charge in [0.25, 0.3) is 0 Å². The molecule has 0 bridgehead atoms. The number of phenols is 1. The van der Waals surface area contributed by atoms with Gasteiger partial charge in [0, 0.05) is 11.8 Å². The van der Waals surface area contributed by atoms with E-state index in [0.717, 1.165) is 11.1 Å². The molecule has 0 aliphatic heterocycles. The van der Waals surface area contributed by atoms with Gasteiger partial charge in [0.15, 0.2) is 0 Å². The molecule has 1 saturated carbocycles. The quantitative estimate of drug-likeness (QED) is 0.586. The maximum atomic E-state index is 13.3. The Labute approximate surface area is 173 Å². The third-order valence-corrected chi connectivity index (χ3v) is 5.98. The van der Waals surface area contributed by atoms with Crippen molar-refractivity contribution in [3.63, 3.8) is 0 Å². The molecule has 2 N–H and O–H groups in total. The van der Waals surface area contributed by atoms with Crippen LogP contribution < -0.4 is 0 Å². The zero-order chi connectivity index (χ0) is 21.3. The van der Waals surface area contributed by atoms with Crippen LogP contribution in [0.2, 0.25) is 0 Å². The Morgan fingerprint density at radius 1 is 0.800 bits per heavy atom. The van der Waals surface area contributed by atoms with Gasteiger partial charge in [-0.1, -0.05) is 36.4 Å². The fourth-order valence-corrected chi connectivity index (χ4v) is 4.37. The maximum absolute atomic E-state index is 13.3.